The highest BCUT2D eigenvalue weighted by molar-refractivity contribution is 6.28. The molecule has 1 radical (unpaired) electrons. The van der Waals surface area contributed by atoms with Gasteiger partial charge in [-0.2, -0.15) is 9.97 Å². The maximum atomic E-state index is 14.5. The minimum Gasteiger partial charge on any atom is -0.387 e. The highest BCUT2D eigenvalue weighted by atomic mass is 35.5. The van der Waals surface area contributed by atoms with Gasteiger partial charge in [-0.15, -0.1) is 0 Å². The normalized spacial score (nSPS) is 29.7. The predicted molar refractivity (Wildman–Crippen MR) is 91.4 cm³/mol. The Kier molecular flexibility index (Phi) is 4.72. The summed E-state index contributed by atoms with van der Waals surface area (Å²) in [6, 6.07) is 0.345. The van der Waals surface area contributed by atoms with Crippen molar-refractivity contribution >= 4 is 28.6 Å². The number of aliphatic hydroxyl groups is 1. The number of fused-ring (bicyclic) bond motifs is 1. The molecule has 3 heterocycles. The number of hydrogen-bond donors (Lipinski definition) is 1. The Labute approximate surface area is 154 Å². The van der Waals surface area contributed by atoms with Crippen molar-refractivity contribution < 1.29 is 19.3 Å². The van der Waals surface area contributed by atoms with E-state index in [2.05, 4.69) is 15.0 Å². The number of ether oxygens (including phenoxy) is 1. The molecule has 0 amide bonds. The predicted octanol–water partition coefficient (Wildman–Crippen LogP) is 1.89. The van der Waals surface area contributed by atoms with Crippen molar-refractivity contribution in [1.29, 1.82) is 0 Å². The molecule has 2 aromatic heterocycles. The van der Waals surface area contributed by atoms with Crippen LogP contribution in [-0.4, -0.2) is 62.7 Å². The number of rotatable bonds is 4. The van der Waals surface area contributed by atoms with Crippen molar-refractivity contribution in [3.63, 3.8) is 0 Å². The summed E-state index contributed by atoms with van der Waals surface area (Å²) in [6.07, 6.45) is 0.336. The fourth-order valence-corrected chi connectivity index (χ4v) is 4.00. The third kappa shape index (κ3) is 2.83. The molecule has 0 bridgehead atoms. The third-order valence-corrected chi connectivity index (χ3v) is 5.48. The highest BCUT2D eigenvalue weighted by Crippen LogP contribution is 2.36. The molecule has 141 valence electrons. The van der Waals surface area contributed by atoms with Crippen LogP contribution in [0.3, 0.4) is 0 Å². The zero-order valence-corrected chi connectivity index (χ0v) is 15.0. The maximum Gasteiger partial charge on any atom is 0.226 e. The first-order valence-electron chi connectivity index (χ1n) is 8.70. The van der Waals surface area contributed by atoms with Gasteiger partial charge in [-0.3, -0.25) is 4.57 Å². The summed E-state index contributed by atoms with van der Waals surface area (Å²) >= 11 is 6.11. The Balaban J connectivity index is 1.74. The van der Waals surface area contributed by atoms with E-state index >= 15 is 0 Å². The molecule has 26 heavy (non-hydrogen) atoms. The second kappa shape index (κ2) is 6.88. The number of anilines is 1. The van der Waals surface area contributed by atoms with Crippen molar-refractivity contribution in [3.05, 3.63) is 11.6 Å². The Morgan fingerprint density at radius 3 is 2.81 bits per heavy atom. The van der Waals surface area contributed by atoms with Gasteiger partial charge in [0.25, 0.3) is 0 Å². The average Bonchev–Trinajstić information content (AvgIpc) is 3.35. The zero-order valence-electron chi connectivity index (χ0n) is 14.3. The molecular weight excluding hydrogens is 365 g/mol. The molecule has 1 N–H and O–H groups in total. The van der Waals surface area contributed by atoms with Gasteiger partial charge in [-0.25, -0.2) is 14.5 Å². The number of imidazole rings is 1. The van der Waals surface area contributed by atoms with Crippen LogP contribution in [0.5, 0.6) is 0 Å². The van der Waals surface area contributed by atoms with Crippen LogP contribution in [-0.2, 0) is 9.84 Å². The molecule has 1 saturated carbocycles. The van der Waals surface area contributed by atoms with Crippen molar-refractivity contribution in [2.75, 3.05) is 18.6 Å². The van der Waals surface area contributed by atoms with Gasteiger partial charge in [0.15, 0.2) is 29.4 Å². The number of aromatic nitrogens is 4. The zero-order chi connectivity index (χ0) is 18.4. The van der Waals surface area contributed by atoms with Gasteiger partial charge in [-0.05, 0) is 24.4 Å². The largest absolute Gasteiger partial charge is 0.387 e. The maximum absolute atomic E-state index is 14.5. The molecule has 2 aliphatic rings. The molecule has 0 unspecified atom stereocenters. The third-order valence-electron chi connectivity index (χ3n) is 5.31. The fraction of sp³-hybridized carbons (Fsp3) is 0.688. The summed E-state index contributed by atoms with van der Waals surface area (Å²) in [5, 5.41) is 20.9. The van der Waals surface area contributed by atoms with E-state index in [1.165, 1.54) is 23.7 Å². The first-order chi connectivity index (χ1) is 12.5. The summed E-state index contributed by atoms with van der Waals surface area (Å²) in [5.41, 5.74) is 0.802. The van der Waals surface area contributed by atoms with E-state index in [9.17, 15) is 14.6 Å². The molecule has 0 aromatic carbocycles. The van der Waals surface area contributed by atoms with E-state index in [0.717, 1.165) is 12.8 Å². The molecule has 1 saturated heterocycles. The average molecular weight is 385 g/mol. The van der Waals surface area contributed by atoms with Crippen molar-refractivity contribution in [2.45, 2.75) is 56.3 Å². The van der Waals surface area contributed by atoms with Gasteiger partial charge in [0.05, 0.1) is 6.33 Å². The van der Waals surface area contributed by atoms with Crippen LogP contribution in [0.1, 0.15) is 31.9 Å². The molecule has 4 atom stereocenters. The molecule has 1 aliphatic carbocycles. The molecule has 8 nitrogen and oxygen atoms in total. The number of alkyl halides is 1. The summed E-state index contributed by atoms with van der Waals surface area (Å²) < 4.78 is 21.2. The standard InChI is InChI=1S/C16H20ClFN5O3/c1-22(8-4-2-3-5-8)13-11-14(21-16(17)20-13)23(7-19-11)15-10(18)12(25)9(6-24)26-15/h7-10,12,15,25H,2-6H2,1H3/t9-,10+,12-,15-/m1/s1. The molecule has 2 aromatic rings. The topological polar surface area (TPSA) is 96.2 Å². The van der Waals surface area contributed by atoms with Crippen LogP contribution in [0, 0.1) is 0 Å². The summed E-state index contributed by atoms with van der Waals surface area (Å²) in [4.78, 5) is 14.9. The van der Waals surface area contributed by atoms with Gasteiger partial charge in [0.2, 0.25) is 5.28 Å². The van der Waals surface area contributed by atoms with Gasteiger partial charge >= 0.3 is 0 Å². The number of halogens is 2. The highest BCUT2D eigenvalue weighted by Gasteiger charge is 2.46. The van der Waals surface area contributed by atoms with Gasteiger partial charge in [-0.1, -0.05) is 12.8 Å². The number of hydrogen-bond acceptors (Lipinski definition) is 6. The molecule has 2 fully saturated rings. The fourth-order valence-electron chi connectivity index (χ4n) is 3.84. The molecular formula is C16H20ClFN5O3. The first-order valence-corrected chi connectivity index (χ1v) is 9.07. The van der Waals surface area contributed by atoms with Crippen molar-refractivity contribution in [1.82, 2.24) is 19.5 Å². The van der Waals surface area contributed by atoms with Gasteiger partial charge in [0.1, 0.15) is 18.8 Å². The van der Waals surface area contributed by atoms with Gasteiger partial charge < -0.3 is 14.7 Å². The molecule has 1 aliphatic heterocycles. The van der Waals surface area contributed by atoms with Crippen molar-refractivity contribution in [3.8, 4) is 0 Å². The lowest BCUT2D eigenvalue weighted by atomic mass is 10.1. The van der Waals surface area contributed by atoms with E-state index in [-0.39, 0.29) is 5.28 Å². The van der Waals surface area contributed by atoms with E-state index in [1.807, 2.05) is 11.9 Å². The minimum atomic E-state index is -1.75. The lowest BCUT2D eigenvalue weighted by molar-refractivity contribution is -0.0593. The second-order valence-corrected chi connectivity index (χ2v) is 7.19. The summed E-state index contributed by atoms with van der Waals surface area (Å²) in [6.45, 7) is -0.726. The number of aliphatic hydroxyl groups excluding tert-OH is 1. The lowest BCUT2D eigenvalue weighted by Gasteiger charge is -2.25. The van der Waals surface area contributed by atoms with Crippen LogP contribution < -0.4 is 4.90 Å². The van der Waals surface area contributed by atoms with E-state index in [0.29, 0.717) is 23.0 Å². The molecule has 10 heteroatoms. The second-order valence-electron chi connectivity index (χ2n) is 6.86. The smallest absolute Gasteiger partial charge is 0.226 e. The monoisotopic (exact) mass is 384 g/mol. The first kappa shape index (κ1) is 17.8. The number of nitrogens with zero attached hydrogens (tertiary/aromatic N) is 5. The van der Waals surface area contributed by atoms with E-state index in [1.54, 1.807) is 0 Å². The Morgan fingerprint density at radius 1 is 1.42 bits per heavy atom. The Hall–Kier alpha value is -1.55. The lowest BCUT2D eigenvalue weighted by Crippen LogP contribution is -2.30. The van der Waals surface area contributed by atoms with Crippen LogP contribution in [0.4, 0.5) is 10.2 Å². The molecule has 0 spiro atoms. The van der Waals surface area contributed by atoms with Crippen LogP contribution >= 0.6 is 11.6 Å². The minimum absolute atomic E-state index is 0.0217. The Morgan fingerprint density at radius 2 is 2.15 bits per heavy atom. The SMILES string of the molecule is CN(c1nc(Cl)nc2c1ncn2[C@@H]1O[C@H](C[O])[C@@H](O)[C@@H]1F)C1CCCC1. The van der Waals surface area contributed by atoms with Crippen LogP contribution in [0.2, 0.25) is 5.28 Å². The quantitative estimate of drug-likeness (QED) is 0.808. The summed E-state index contributed by atoms with van der Waals surface area (Å²) in [7, 11) is 1.94. The summed E-state index contributed by atoms with van der Waals surface area (Å²) in [5.74, 6) is 0.583. The van der Waals surface area contributed by atoms with Crippen molar-refractivity contribution in [2.24, 2.45) is 0 Å². The van der Waals surface area contributed by atoms with Crippen LogP contribution in [0.25, 0.3) is 11.2 Å². The Bertz CT molecular complexity index is 800. The molecule has 4 rings (SSSR count). The van der Waals surface area contributed by atoms with Gasteiger partial charge in [0, 0.05) is 13.1 Å². The van der Waals surface area contributed by atoms with E-state index < -0.39 is 31.2 Å². The van der Waals surface area contributed by atoms with E-state index in [4.69, 9.17) is 16.3 Å². The van der Waals surface area contributed by atoms with Crippen LogP contribution in [0.15, 0.2) is 6.33 Å².